The van der Waals surface area contributed by atoms with Crippen LogP contribution in [0.15, 0.2) is 41.1 Å². The molecule has 0 spiro atoms. The fourth-order valence-electron chi connectivity index (χ4n) is 3.38. The molecular formula is C23H26N4O7. The van der Waals surface area contributed by atoms with E-state index in [1.807, 2.05) is 0 Å². The highest BCUT2D eigenvalue weighted by molar-refractivity contribution is 5.99. The van der Waals surface area contributed by atoms with Crippen LogP contribution >= 0.6 is 0 Å². The quantitative estimate of drug-likeness (QED) is 0.403. The van der Waals surface area contributed by atoms with E-state index < -0.39 is 17.9 Å². The molecule has 0 fully saturated rings. The van der Waals surface area contributed by atoms with Crippen LogP contribution in [0.1, 0.15) is 6.42 Å². The van der Waals surface area contributed by atoms with Gasteiger partial charge in [0.15, 0.2) is 11.5 Å². The van der Waals surface area contributed by atoms with Gasteiger partial charge in [-0.1, -0.05) is 11.2 Å². The van der Waals surface area contributed by atoms with Gasteiger partial charge in [0, 0.05) is 11.1 Å². The number of methoxy groups -OCH3 is 4. The second-order valence-corrected chi connectivity index (χ2v) is 7.17. The van der Waals surface area contributed by atoms with E-state index in [2.05, 4.69) is 10.5 Å². The molecular weight excluding hydrogens is 444 g/mol. The number of carbonyl (C=O) groups is 2. The van der Waals surface area contributed by atoms with Crippen LogP contribution in [0.5, 0.6) is 23.0 Å². The third-order valence-corrected chi connectivity index (χ3v) is 5.03. The van der Waals surface area contributed by atoms with E-state index in [0.29, 0.717) is 51.1 Å². The number of hydrogen-bond acceptors (Lipinski definition) is 9. The Morgan fingerprint density at radius 2 is 1.62 bits per heavy atom. The molecule has 0 saturated carbocycles. The van der Waals surface area contributed by atoms with Crippen molar-refractivity contribution in [3.05, 3.63) is 36.6 Å². The zero-order valence-corrected chi connectivity index (χ0v) is 19.2. The summed E-state index contributed by atoms with van der Waals surface area (Å²) in [7, 11) is 6.02. The summed E-state index contributed by atoms with van der Waals surface area (Å²) >= 11 is 0. The average molecular weight is 470 g/mol. The summed E-state index contributed by atoms with van der Waals surface area (Å²) in [5, 5.41) is 6.82. The predicted octanol–water partition coefficient (Wildman–Crippen LogP) is 2.18. The minimum absolute atomic E-state index is 0.287. The fraction of sp³-hybridized carbons (Fsp3) is 0.261. The summed E-state index contributed by atoms with van der Waals surface area (Å²) in [6, 6.07) is 7.54. The number of hydrogen-bond donors (Lipinski definition) is 3. The van der Waals surface area contributed by atoms with Gasteiger partial charge in [-0.3, -0.25) is 9.59 Å². The molecule has 2 amide bonds. The first-order chi connectivity index (χ1) is 16.3. The molecule has 11 heteroatoms. The van der Waals surface area contributed by atoms with Crippen LogP contribution in [0.2, 0.25) is 0 Å². The number of nitrogens with zero attached hydrogens (tertiary/aromatic N) is 1. The molecule has 1 unspecified atom stereocenters. The zero-order chi connectivity index (χ0) is 24.8. The molecule has 0 bridgehead atoms. The maximum Gasteiger partial charge on any atom is 0.241 e. The summed E-state index contributed by atoms with van der Waals surface area (Å²) in [4.78, 5) is 23.5. The Balaban J connectivity index is 2.02. The Kier molecular flexibility index (Phi) is 7.59. The van der Waals surface area contributed by atoms with Crippen molar-refractivity contribution in [2.24, 2.45) is 11.5 Å². The third-order valence-electron chi connectivity index (χ3n) is 5.03. The second-order valence-electron chi connectivity index (χ2n) is 7.17. The van der Waals surface area contributed by atoms with Gasteiger partial charge in [-0.15, -0.1) is 0 Å². The van der Waals surface area contributed by atoms with E-state index in [-0.39, 0.29) is 6.42 Å². The lowest BCUT2D eigenvalue weighted by Crippen LogP contribution is -2.39. The summed E-state index contributed by atoms with van der Waals surface area (Å²) in [5.41, 5.74) is 13.7. The van der Waals surface area contributed by atoms with Crippen LogP contribution in [0.25, 0.3) is 22.4 Å². The number of nitrogens with one attached hydrogen (secondary N) is 1. The van der Waals surface area contributed by atoms with Gasteiger partial charge in [0.1, 0.15) is 17.7 Å². The Labute approximate surface area is 195 Å². The van der Waals surface area contributed by atoms with Crippen LogP contribution in [0, 0.1) is 0 Å². The van der Waals surface area contributed by atoms with E-state index in [0.717, 1.165) is 0 Å². The standard InChI is InChI=1S/C23H26N4O7/c1-30-17-6-5-12(7-16(17)26-23(29)15(24)10-20(25)28)14-11-34-27-21(14)13-8-18(31-2)22(33-4)19(9-13)32-3/h5-9,11,15H,10,24H2,1-4H3,(H2,25,28)(H,26,29). The molecule has 180 valence electrons. The number of carbonyl (C=O) groups excluding carboxylic acids is 2. The van der Waals surface area contributed by atoms with E-state index in [1.165, 1.54) is 34.7 Å². The lowest BCUT2D eigenvalue weighted by atomic mass is 10.00. The minimum Gasteiger partial charge on any atom is -0.495 e. The number of primary amides is 1. The van der Waals surface area contributed by atoms with Crippen molar-refractivity contribution < 1.29 is 33.1 Å². The molecule has 0 radical (unpaired) electrons. The Hall–Kier alpha value is -4.25. The zero-order valence-electron chi connectivity index (χ0n) is 19.2. The van der Waals surface area contributed by atoms with E-state index >= 15 is 0 Å². The van der Waals surface area contributed by atoms with E-state index in [9.17, 15) is 9.59 Å². The van der Waals surface area contributed by atoms with Gasteiger partial charge in [-0.25, -0.2) is 0 Å². The molecule has 1 atom stereocenters. The normalized spacial score (nSPS) is 11.4. The number of benzene rings is 2. The SMILES string of the molecule is COc1ccc(-c2conc2-c2cc(OC)c(OC)c(OC)c2)cc1NC(=O)C(N)CC(N)=O. The molecule has 5 N–H and O–H groups in total. The second kappa shape index (κ2) is 10.6. The maximum atomic E-state index is 12.4. The van der Waals surface area contributed by atoms with Crippen LogP contribution in [0.3, 0.4) is 0 Å². The number of anilines is 1. The first-order valence-electron chi connectivity index (χ1n) is 10.1. The van der Waals surface area contributed by atoms with Crippen molar-refractivity contribution in [2.45, 2.75) is 12.5 Å². The van der Waals surface area contributed by atoms with Gasteiger partial charge in [0.2, 0.25) is 17.6 Å². The van der Waals surface area contributed by atoms with Crippen LogP contribution in [-0.4, -0.2) is 51.5 Å². The van der Waals surface area contributed by atoms with Crippen molar-refractivity contribution >= 4 is 17.5 Å². The first-order valence-corrected chi connectivity index (χ1v) is 10.1. The lowest BCUT2D eigenvalue weighted by Gasteiger charge is -2.15. The topological polar surface area (TPSA) is 161 Å². The predicted molar refractivity (Wildman–Crippen MR) is 124 cm³/mol. The first kappa shape index (κ1) is 24.4. The van der Waals surface area contributed by atoms with Gasteiger partial charge in [0.05, 0.1) is 46.6 Å². The minimum atomic E-state index is -1.10. The highest BCUT2D eigenvalue weighted by Gasteiger charge is 2.21. The van der Waals surface area contributed by atoms with Gasteiger partial charge in [0.25, 0.3) is 0 Å². The molecule has 3 aromatic rings. The monoisotopic (exact) mass is 470 g/mol. The Morgan fingerprint density at radius 1 is 0.971 bits per heavy atom. The number of aromatic nitrogens is 1. The van der Waals surface area contributed by atoms with Gasteiger partial charge < -0.3 is 40.3 Å². The molecule has 11 nitrogen and oxygen atoms in total. The van der Waals surface area contributed by atoms with Crippen molar-refractivity contribution in [3.8, 4) is 45.4 Å². The number of rotatable bonds is 10. The number of ether oxygens (including phenoxy) is 4. The number of amides is 2. The summed E-state index contributed by atoms with van der Waals surface area (Å²) in [6.45, 7) is 0. The van der Waals surface area contributed by atoms with E-state index in [1.54, 1.807) is 30.3 Å². The lowest BCUT2D eigenvalue weighted by molar-refractivity contribution is -0.123. The van der Waals surface area contributed by atoms with Crippen molar-refractivity contribution in [3.63, 3.8) is 0 Å². The van der Waals surface area contributed by atoms with Crippen molar-refractivity contribution in [1.82, 2.24) is 5.16 Å². The Bertz CT molecular complexity index is 1170. The van der Waals surface area contributed by atoms with Crippen molar-refractivity contribution in [1.29, 1.82) is 0 Å². The molecule has 1 heterocycles. The molecule has 0 saturated heterocycles. The largest absolute Gasteiger partial charge is 0.495 e. The highest BCUT2D eigenvalue weighted by atomic mass is 16.5. The average Bonchev–Trinajstić information content (AvgIpc) is 3.32. The molecule has 34 heavy (non-hydrogen) atoms. The summed E-state index contributed by atoms with van der Waals surface area (Å²) in [5.74, 6) is 0.496. The molecule has 0 aliphatic rings. The van der Waals surface area contributed by atoms with Crippen LogP contribution in [-0.2, 0) is 9.59 Å². The molecule has 0 aliphatic heterocycles. The molecule has 3 rings (SSSR count). The Morgan fingerprint density at radius 3 is 2.18 bits per heavy atom. The van der Waals surface area contributed by atoms with Gasteiger partial charge in [-0.05, 0) is 29.8 Å². The molecule has 0 aliphatic carbocycles. The van der Waals surface area contributed by atoms with Crippen molar-refractivity contribution in [2.75, 3.05) is 33.8 Å². The highest BCUT2D eigenvalue weighted by Crippen LogP contribution is 2.43. The third kappa shape index (κ3) is 5.04. The van der Waals surface area contributed by atoms with Crippen LogP contribution in [0.4, 0.5) is 5.69 Å². The molecule has 2 aromatic carbocycles. The number of nitrogens with two attached hydrogens (primary N) is 2. The summed E-state index contributed by atoms with van der Waals surface area (Å²) < 4.78 is 26.9. The summed E-state index contributed by atoms with van der Waals surface area (Å²) in [6.07, 6.45) is 1.19. The fourth-order valence-corrected chi connectivity index (χ4v) is 3.38. The van der Waals surface area contributed by atoms with Crippen LogP contribution < -0.4 is 35.7 Å². The maximum absolute atomic E-state index is 12.4. The van der Waals surface area contributed by atoms with E-state index in [4.69, 9.17) is 34.9 Å². The smallest absolute Gasteiger partial charge is 0.241 e. The van der Waals surface area contributed by atoms with Gasteiger partial charge in [-0.2, -0.15) is 0 Å². The van der Waals surface area contributed by atoms with Gasteiger partial charge >= 0.3 is 0 Å². The molecule has 1 aromatic heterocycles.